The van der Waals surface area contributed by atoms with Crippen LogP contribution in [0.4, 0.5) is 0 Å². The van der Waals surface area contributed by atoms with E-state index in [9.17, 15) is 9.90 Å². The number of nitrogens with zero attached hydrogens (tertiary/aromatic N) is 4. The van der Waals surface area contributed by atoms with Gasteiger partial charge >= 0.3 is 5.97 Å². The molecule has 2 saturated heterocycles. The molecule has 1 aromatic heterocycles. The Morgan fingerprint density at radius 1 is 1.24 bits per heavy atom. The first kappa shape index (κ1) is 17.3. The van der Waals surface area contributed by atoms with Gasteiger partial charge in [0.05, 0.1) is 23.2 Å². The highest BCUT2D eigenvalue weighted by molar-refractivity contribution is 6.30. The van der Waals surface area contributed by atoms with Gasteiger partial charge in [0.1, 0.15) is 0 Å². The van der Waals surface area contributed by atoms with Crippen LogP contribution in [-0.4, -0.2) is 69.4 Å². The van der Waals surface area contributed by atoms with Crippen LogP contribution in [0.15, 0.2) is 12.4 Å². The number of likely N-dealkylation sites (tertiary alicyclic amines) is 2. The Hall–Kier alpha value is -1.11. The van der Waals surface area contributed by atoms with E-state index in [2.05, 4.69) is 14.9 Å². The molecule has 1 N–H and O–H groups in total. The summed E-state index contributed by atoms with van der Waals surface area (Å²) in [5.41, 5.74) is -0.584. The molecule has 1 aliphatic carbocycles. The van der Waals surface area contributed by atoms with Crippen LogP contribution in [0.5, 0.6) is 0 Å². The normalized spacial score (nSPS) is 31.5. The molecule has 7 heteroatoms. The Kier molecular flexibility index (Phi) is 4.77. The molecule has 1 aromatic rings. The van der Waals surface area contributed by atoms with Crippen molar-refractivity contribution in [2.24, 2.45) is 11.3 Å². The fourth-order valence-electron chi connectivity index (χ4n) is 5.11. The number of halogens is 1. The molecule has 138 valence electrons. The van der Waals surface area contributed by atoms with E-state index < -0.39 is 11.4 Å². The summed E-state index contributed by atoms with van der Waals surface area (Å²) in [5.74, 6) is -0.367. The van der Waals surface area contributed by atoms with Gasteiger partial charge in [-0.15, -0.1) is 0 Å². The summed E-state index contributed by atoms with van der Waals surface area (Å²) in [6.07, 6.45) is 9.87. The van der Waals surface area contributed by atoms with Gasteiger partial charge in [-0.2, -0.15) is 5.10 Å². The van der Waals surface area contributed by atoms with E-state index in [1.165, 1.54) is 32.1 Å². The SMILES string of the molecule is O=C(O)C12CN(CCn3cc(Cl)cn3)CC1CN(C1CCCCC1)C2. The molecule has 0 spiro atoms. The van der Waals surface area contributed by atoms with E-state index in [1.807, 2.05) is 10.9 Å². The summed E-state index contributed by atoms with van der Waals surface area (Å²) in [6, 6.07) is 0.607. The molecule has 2 unspecified atom stereocenters. The monoisotopic (exact) mass is 366 g/mol. The van der Waals surface area contributed by atoms with Crippen LogP contribution in [0.3, 0.4) is 0 Å². The molecule has 6 nitrogen and oxygen atoms in total. The highest BCUT2D eigenvalue weighted by Crippen LogP contribution is 2.44. The van der Waals surface area contributed by atoms with Gasteiger partial charge in [-0.05, 0) is 12.8 Å². The smallest absolute Gasteiger partial charge is 0.312 e. The maximum Gasteiger partial charge on any atom is 0.312 e. The lowest BCUT2D eigenvalue weighted by Gasteiger charge is -2.33. The minimum absolute atomic E-state index is 0.244. The third-order valence-corrected chi connectivity index (χ3v) is 6.67. The van der Waals surface area contributed by atoms with Crippen molar-refractivity contribution in [1.29, 1.82) is 0 Å². The van der Waals surface area contributed by atoms with E-state index in [-0.39, 0.29) is 5.92 Å². The average molecular weight is 367 g/mol. The third-order valence-electron chi connectivity index (χ3n) is 6.47. The standard InChI is InChI=1S/C18H27ClN4O2/c19-15-8-20-23(11-15)7-6-21-9-14-10-22(16-4-2-1-3-5-16)13-18(14,12-21)17(24)25/h8,11,14,16H,1-7,9-10,12-13H2,(H,24,25). The molecule has 2 atom stereocenters. The van der Waals surface area contributed by atoms with Crippen LogP contribution in [0, 0.1) is 11.3 Å². The minimum Gasteiger partial charge on any atom is -0.481 e. The van der Waals surface area contributed by atoms with Gasteiger partial charge in [0.2, 0.25) is 0 Å². The van der Waals surface area contributed by atoms with Crippen LogP contribution < -0.4 is 0 Å². The lowest BCUT2D eigenvalue weighted by atomic mass is 9.81. The molecular formula is C18H27ClN4O2. The van der Waals surface area contributed by atoms with E-state index >= 15 is 0 Å². The Labute approximate surface area is 153 Å². The maximum atomic E-state index is 12.2. The Balaban J connectivity index is 1.39. The van der Waals surface area contributed by atoms with Gasteiger partial charge in [-0.1, -0.05) is 30.9 Å². The second kappa shape index (κ2) is 6.89. The van der Waals surface area contributed by atoms with Crippen LogP contribution in [0.25, 0.3) is 0 Å². The lowest BCUT2D eigenvalue weighted by Crippen LogP contribution is -2.43. The van der Waals surface area contributed by atoms with Crippen molar-refractivity contribution < 1.29 is 9.90 Å². The van der Waals surface area contributed by atoms with Gasteiger partial charge in [-0.25, -0.2) is 0 Å². The minimum atomic E-state index is -0.611. The molecule has 3 fully saturated rings. The predicted octanol–water partition coefficient (Wildman–Crippen LogP) is 2.19. The average Bonchev–Trinajstić information content (AvgIpc) is 3.26. The number of aliphatic carboxylic acids is 1. The fraction of sp³-hybridized carbons (Fsp3) is 0.778. The van der Waals surface area contributed by atoms with Gasteiger partial charge in [0.15, 0.2) is 0 Å². The zero-order valence-electron chi connectivity index (χ0n) is 14.6. The number of carboxylic acid groups (broad SMARTS) is 1. The van der Waals surface area contributed by atoms with Crippen molar-refractivity contribution in [3.05, 3.63) is 17.4 Å². The number of rotatable bonds is 5. The second-order valence-electron chi connectivity index (χ2n) is 8.04. The summed E-state index contributed by atoms with van der Waals surface area (Å²) < 4.78 is 1.83. The van der Waals surface area contributed by atoms with Crippen LogP contribution >= 0.6 is 11.6 Å². The number of hydrogen-bond donors (Lipinski definition) is 1. The lowest BCUT2D eigenvalue weighted by molar-refractivity contribution is -0.149. The van der Waals surface area contributed by atoms with Crippen molar-refractivity contribution in [2.75, 3.05) is 32.7 Å². The van der Waals surface area contributed by atoms with Crippen molar-refractivity contribution in [3.8, 4) is 0 Å². The first-order valence-corrected chi connectivity index (χ1v) is 9.82. The summed E-state index contributed by atoms with van der Waals surface area (Å²) >= 11 is 5.91. The maximum absolute atomic E-state index is 12.2. The molecule has 0 radical (unpaired) electrons. The molecule has 0 amide bonds. The third kappa shape index (κ3) is 3.32. The van der Waals surface area contributed by atoms with Gasteiger partial charge in [-0.3, -0.25) is 19.3 Å². The zero-order chi connectivity index (χ0) is 17.4. The van der Waals surface area contributed by atoms with E-state index in [1.54, 1.807) is 6.20 Å². The van der Waals surface area contributed by atoms with Gasteiger partial charge < -0.3 is 5.11 Å². The first-order chi connectivity index (χ1) is 12.1. The number of aromatic nitrogens is 2. The molecule has 0 bridgehead atoms. The number of hydrogen-bond acceptors (Lipinski definition) is 4. The molecule has 2 aliphatic heterocycles. The summed E-state index contributed by atoms with van der Waals surface area (Å²) in [5, 5.41) is 14.9. The molecule has 3 aliphatic rings. The largest absolute Gasteiger partial charge is 0.481 e. The van der Waals surface area contributed by atoms with Crippen molar-refractivity contribution in [1.82, 2.24) is 19.6 Å². The Bertz CT molecular complexity index is 630. The van der Waals surface area contributed by atoms with Crippen molar-refractivity contribution in [3.63, 3.8) is 0 Å². The quantitative estimate of drug-likeness (QED) is 0.865. The number of carboxylic acids is 1. The van der Waals surface area contributed by atoms with E-state index in [0.717, 1.165) is 32.7 Å². The molecular weight excluding hydrogens is 340 g/mol. The van der Waals surface area contributed by atoms with Crippen LogP contribution in [0.2, 0.25) is 5.02 Å². The zero-order valence-corrected chi connectivity index (χ0v) is 15.4. The van der Waals surface area contributed by atoms with E-state index in [4.69, 9.17) is 11.6 Å². The van der Waals surface area contributed by atoms with Crippen LogP contribution in [-0.2, 0) is 11.3 Å². The second-order valence-corrected chi connectivity index (χ2v) is 8.47. The molecule has 3 heterocycles. The molecule has 0 aromatic carbocycles. The van der Waals surface area contributed by atoms with Crippen molar-refractivity contribution in [2.45, 2.75) is 44.7 Å². The predicted molar refractivity (Wildman–Crippen MR) is 95.7 cm³/mol. The van der Waals surface area contributed by atoms with Crippen LogP contribution in [0.1, 0.15) is 32.1 Å². The summed E-state index contributed by atoms with van der Waals surface area (Å²) in [6.45, 7) is 4.78. The molecule has 1 saturated carbocycles. The summed E-state index contributed by atoms with van der Waals surface area (Å²) in [7, 11) is 0. The highest BCUT2D eigenvalue weighted by atomic mass is 35.5. The first-order valence-electron chi connectivity index (χ1n) is 9.44. The van der Waals surface area contributed by atoms with Gasteiger partial charge in [0, 0.05) is 50.9 Å². The number of fused-ring (bicyclic) bond motifs is 1. The molecule has 25 heavy (non-hydrogen) atoms. The number of carbonyl (C=O) groups is 1. The van der Waals surface area contributed by atoms with Crippen molar-refractivity contribution >= 4 is 17.6 Å². The molecule has 4 rings (SSSR count). The topological polar surface area (TPSA) is 61.6 Å². The summed E-state index contributed by atoms with van der Waals surface area (Å²) in [4.78, 5) is 17.0. The van der Waals surface area contributed by atoms with E-state index in [0.29, 0.717) is 17.6 Å². The Morgan fingerprint density at radius 3 is 2.68 bits per heavy atom. The Morgan fingerprint density at radius 2 is 2.04 bits per heavy atom. The van der Waals surface area contributed by atoms with Gasteiger partial charge in [0.25, 0.3) is 0 Å². The highest BCUT2D eigenvalue weighted by Gasteiger charge is 2.58. The fourth-order valence-corrected chi connectivity index (χ4v) is 5.27.